The van der Waals surface area contributed by atoms with Gasteiger partial charge in [-0.25, -0.2) is 14.1 Å². The zero-order valence-corrected chi connectivity index (χ0v) is 11.6. The molecule has 4 N–H and O–H groups in total. The lowest BCUT2D eigenvalue weighted by Gasteiger charge is -2.17. The Balaban J connectivity index is 2.63. The second-order valence-electron chi connectivity index (χ2n) is 5.60. The van der Waals surface area contributed by atoms with Crippen molar-refractivity contribution in [1.29, 1.82) is 5.26 Å². The molecule has 0 saturated heterocycles. The molecule has 0 unspecified atom stereocenters. The first-order valence-corrected chi connectivity index (χ1v) is 6.09. The van der Waals surface area contributed by atoms with Gasteiger partial charge in [0.1, 0.15) is 23.4 Å². The molecule has 0 atom stereocenters. The van der Waals surface area contributed by atoms with Crippen molar-refractivity contribution in [3.05, 3.63) is 35.4 Å². The summed E-state index contributed by atoms with van der Waals surface area (Å²) in [6, 6.07) is 5.96. The van der Waals surface area contributed by atoms with E-state index in [0.717, 1.165) is 0 Å². The number of nitrogens with two attached hydrogens (primary N) is 2. The van der Waals surface area contributed by atoms with Crippen molar-refractivity contribution in [1.82, 2.24) is 9.66 Å². The van der Waals surface area contributed by atoms with E-state index in [9.17, 15) is 4.39 Å². The summed E-state index contributed by atoms with van der Waals surface area (Å²) in [6.07, 6.45) is 0. The molecule has 5 nitrogen and oxygen atoms in total. The molecule has 0 radical (unpaired) electrons. The molecule has 0 spiro atoms. The number of halogens is 1. The Morgan fingerprint density at radius 2 is 2.00 bits per heavy atom. The van der Waals surface area contributed by atoms with Gasteiger partial charge in [-0.1, -0.05) is 20.8 Å². The fourth-order valence-electron chi connectivity index (χ4n) is 1.94. The standard InChI is InChI=1S/C14H16FN5/c1-14(2,3)13-19-11(12(17)20(13)18)8-4-5-10(15)9(6-8)7-16/h4-6H,17-18H2,1-3H3. The maximum absolute atomic E-state index is 13.4. The Hall–Kier alpha value is -2.55. The van der Waals surface area contributed by atoms with E-state index in [1.807, 2.05) is 20.8 Å². The summed E-state index contributed by atoms with van der Waals surface area (Å²) in [5.74, 6) is 6.25. The lowest BCUT2D eigenvalue weighted by atomic mass is 9.96. The molecule has 2 rings (SSSR count). The molecule has 6 heteroatoms. The fraction of sp³-hybridized carbons (Fsp3) is 0.286. The number of benzene rings is 1. The highest BCUT2D eigenvalue weighted by atomic mass is 19.1. The molecule has 1 aromatic heterocycles. The van der Waals surface area contributed by atoms with Crippen molar-refractivity contribution in [3.8, 4) is 17.3 Å². The highest BCUT2D eigenvalue weighted by Crippen LogP contribution is 2.30. The first-order chi connectivity index (χ1) is 9.25. The minimum Gasteiger partial charge on any atom is -0.382 e. The molecule has 0 aliphatic rings. The maximum atomic E-state index is 13.4. The van der Waals surface area contributed by atoms with Gasteiger partial charge in [-0.05, 0) is 18.2 Å². The molecule has 0 saturated carbocycles. The van der Waals surface area contributed by atoms with Gasteiger partial charge < -0.3 is 11.6 Å². The van der Waals surface area contributed by atoms with Gasteiger partial charge in [-0.15, -0.1) is 0 Å². The average molecular weight is 273 g/mol. The van der Waals surface area contributed by atoms with Gasteiger partial charge in [0.2, 0.25) is 0 Å². The number of rotatable bonds is 1. The summed E-state index contributed by atoms with van der Waals surface area (Å²) in [5.41, 5.74) is 6.65. The molecular weight excluding hydrogens is 257 g/mol. The van der Waals surface area contributed by atoms with E-state index in [1.54, 1.807) is 6.07 Å². The predicted molar refractivity (Wildman–Crippen MR) is 75.6 cm³/mol. The van der Waals surface area contributed by atoms with E-state index in [0.29, 0.717) is 17.1 Å². The molecule has 0 aliphatic carbocycles. The van der Waals surface area contributed by atoms with Crippen LogP contribution in [0.4, 0.5) is 10.2 Å². The van der Waals surface area contributed by atoms with E-state index >= 15 is 0 Å². The maximum Gasteiger partial charge on any atom is 0.150 e. The van der Waals surface area contributed by atoms with Gasteiger partial charge in [0.05, 0.1) is 5.56 Å². The van der Waals surface area contributed by atoms with Crippen LogP contribution in [0.15, 0.2) is 18.2 Å². The van der Waals surface area contributed by atoms with Gasteiger partial charge in [0.15, 0.2) is 5.82 Å². The number of anilines is 1. The van der Waals surface area contributed by atoms with Crippen LogP contribution in [0, 0.1) is 17.1 Å². The van der Waals surface area contributed by atoms with Crippen molar-refractivity contribution in [2.45, 2.75) is 26.2 Å². The Bertz CT molecular complexity index is 704. The smallest absolute Gasteiger partial charge is 0.150 e. The second kappa shape index (κ2) is 4.53. The van der Waals surface area contributed by atoms with Gasteiger partial charge >= 0.3 is 0 Å². The summed E-state index contributed by atoms with van der Waals surface area (Å²) in [7, 11) is 0. The Kier molecular flexibility index (Phi) is 3.14. The Morgan fingerprint density at radius 1 is 1.35 bits per heavy atom. The Morgan fingerprint density at radius 3 is 2.50 bits per heavy atom. The number of nitrogen functional groups attached to an aromatic ring is 2. The number of nitriles is 1. The van der Waals surface area contributed by atoms with Crippen molar-refractivity contribution in [2.75, 3.05) is 11.6 Å². The second-order valence-corrected chi connectivity index (χ2v) is 5.60. The van der Waals surface area contributed by atoms with Gasteiger partial charge in [-0.3, -0.25) is 0 Å². The van der Waals surface area contributed by atoms with Crippen LogP contribution in [0.5, 0.6) is 0 Å². The molecule has 0 amide bonds. The highest BCUT2D eigenvalue weighted by molar-refractivity contribution is 5.72. The summed E-state index contributed by atoms with van der Waals surface area (Å²) in [6.45, 7) is 5.90. The minimum atomic E-state index is -0.571. The largest absolute Gasteiger partial charge is 0.382 e. The lowest BCUT2D eigenvalue weighted by molar-refractivity contribution is 0.532. The molecule has 2 aromatic rings. The van der Waals surface area contributed by atoms with Crippen LogP contribution in [0.2, 0.25) is 0 Å². The zero-order valence-electron chi connectivity index (χ0n) is 11.6. The molecule has 1 aromatic carbocycles. The number of nitrogens with zero attached hydrogens (tertiary/aromatic N) is 3. The molecule has 20 heavy (non-hydrogen) atoms. The van der Waals surface area contributed by atoms with Crippen molar-refractivity contribution < 1.29 is 4.39 Å². The van der Waals surface area contributed by atoms with Gasteiger partial charge in [-0.2, -0.15) is 5.26 Å². The highest BCUT2D eigenvalue weighted by Gasteiger charge is 2.24. The lowest BCUT2D eigenvalue weighted by Crippen LogP contribution is -2.24. The quantitative estimate of drug-likeness (QED) is 0.778. The van der Waals surface area contributed by atoms with Crippen molar-refractivity contribution >= 4 is 5.82 Å². The Labute approximate surface area is 116 Å². The fourth-order valence-corrected chi connectivity index (χ4v) is 1.94. The normalized spacial score (nSPS) is 11.3. The van der Waals surface area contributed by atoms with Gasteiger partial charge in [0, 0.05) is 11.0 Å². The van der Waals surface area contributed by atoms with Crippen LogP contribution in [0.3, 0.4) is 0 Å². The van der Waals surface area contributed by atoms with E-state index < -0.39 is 5.82 Å². The summed E-state index contributed by atoms with van der Waals surface area (Å²) in [5, 5.41) is 8.88. The van der Waals surface area contributed by atoms with Crippen LogP contribution in [-0.2, 0) is 5.41 Å². The molecule has 1 heterocycles. The van der Waals surface area contributed by atoms with Crippen LogP contribution in [0.25, 0.3) is 11.3 Å². The summed E-state index contributed by atoms with van der Waals surface area (Å²) < 4.78 is 14.7. The molecule has 0 fully saturated rings. The van der Waals surface area contributed by atoms with Gasteiger partial charge in [0.25, 0.3) is 0 Å². The zero-order chi connectivity index (χ0) is 15.1. The number of aromatic nitrogens is 2. The van der Waals surface area contributed by atoms with Crippen molar-refractivity contribution in [3.63, 3.8) is 0 Å². The van der Waals surface area contributed by atoms with Crippen LogP contribution >= 0.6 is 0 Å². The first-order valence-electron chi connectivity index (χ1n) is 6.09. The van der Waals surface area contributed by atoms with E-state index in [4.69, 9.17) is 16.8 Å². The van der Waals surface area contributed by atoms with Crippen molar-refractivity contribution in [2.24, 2.45) is 0 Å². The number of hydrogen-bond acceptors (Lipinski definition) is 4. The number of hydrogen-bond donors (Lipinski definition) is 2. The minimum absolute atomic E-state index is 0.0502. The van der Waals surface area contributed by atoms with Crippen LogP contribution in [0.1, 0.15) is 32.2 Å². The molecule has 0 aliphatic heterocycles. The molecular formula is C14H16FN5. The third-order valence-electron chi connectivity index (χ3n) is 2.98. The number of imidazole rings is 1. The average Bonchev–Trinajstić information content (AvgIpc) is 2.67. The summed E-state index contributed by atoms with van der Waals surface area (Å²) in [4.78, 5) is 4.44. The monoisotopic (exact) mass is 273 g/mol. The molecule has 0 bridgehead atoms. The first kappa shape index (κ1) is 13.9. The molecule has 104 valence electrons. The SMILES string of the molecule is CC(C)(C)c1nc(-c2ccc(F)c(C#N)c2)c(N)n1N. The predicted octanol–water partition coefficient (Wildman–Crippen LogP) is 2.15. The topological polar surface area (TPSA) is 93.6 Å². The van der Waals surface area contributed by atoms with Crippen LogP contribution in [-0.4, -0.2) is 9.66 Å². The summed E-state index contributed by atoms with van der Waals surface area (Å²) >= 11 is 0. The third-order valence-corrected chi connectivity index (χ3v) is 2.98. The third kappa shape index (κ3) is 2.18. The van der Waals surface area contributed by atoms with E-state index in [-0.39, 0.29) is 16.8 Å². The van der Waals surface area contributed by atoms with E-state index in [2.05, 4.69) is 4.98 Å². The van der Waals surface area contributed by atoms with Crippen LogP contribution < -0.4 is 11.6 Å². The van der Waals surface area contributed by atoms with E-state index in [1.165, 1.54) is 22.9 Å².